The predicted octanol–water partition coefficient (Wildman–Crippen LogP) is -0.380. The van der Waals surface area contributed by atoms with Gasteiger partial charge in [0.15, 0.2) is 0 Å². The van der Waals surface area contributed by atoms with Gasteiger partial charge in [0, 0.05) is 0 Å². The van der Waals surface area contributed by atoms with E-state index in [2.05, 4.69) is 9.47 Å². The highest BCUT2D eigenvalue weighted by Crippen LogP contribution is 2.07. The molecule has 0 N–H and O–H groups in total. The van der Waals surface area contributed by atoms with E-state index in [0.29, 0.717) is 0 Å². The van der Waals surface area contributed by atoms with Crippen molar-refractivity contribution >= 4 is 22.0 Å². The lowest BCUT2D eigenvalue weighted by Crippen LogP contribution is -2.42. The molecule has 0 amide bonds. The molecule has 0 fully saturated rings. The zero-order valence-corrected chi connectivity index (χ0v) is 11.8. The summed E-state index contributed by atoms with van der Waals surface area (Å²) in [5.41, 5.74) is 0. The number of sulfonamides is 1. The molecular formula is C10H19NO6S. The first kappa shape index (κ1) is 16.9. The Morgan fingerprint density at radius 1 is 1.06 bits per heavy atom. The van der Waals surface area contributed by atoms with Crippen LogP contribution in [0, 0.1) is 5.92 Å². The van der Waals surface area contributed by atoms with E-state index < -0.39 is 35.1 Å². The summed E-state index contributed by atoms with van der Waals surface area (Å²) in [5.74, 6) is -1.73. The van der Waals surface area contributed by atoms with Gasteiger partial charge in [-0.3, -0.25) is 9.59 Å². The zero-order chi connectivity index (χ0) is 14.3. The molecule has 0 saturated heterocycles. The quantitative estimate of drug-likeness (QED) is 0.591. The third-order valence-corrected chi connectivity index (χ3v) is 4.14. The highest BCUT2D eigenvalue weighted by atomic mass is 32.2. The highest BCUT2D eigenvalue weighted by Gasteiger charge is 2.28. The summed E-state index contributed by atoms with van der Waals surface area (Å²) in [6, 6.07) is 0. The third-order valence-electron chi connectivity index (χ3n) is 2.00. The second-order valence-corrected chi connectivity index (χ2v) is 6.11. The molecule has 0 bridgehead atoms. The maximum absolute atomic E-state index is 12.0. The number of esters is 2. The molecule has 0 atom stereocenters. The van der Waals surface area contributed by atoms with Crippen molar-refractivity contribution in [2.45, 2.75) is 13.8 Å². The van der Waals surface area contributed by atoms with E-state index >= 15 is 0 Å². The smallest absolute Gasteiger partial charge is 0.321 e. The summed E-state index contributed by atoms with van der Waals surface area (Å²) >= 11 is 0. The normalized spacial score (nSPS) is 11.7. The van der Waals surface area contributed by atoms with Crippen molar-refractivity contribution in [2.24, 2.45) is 5.92 Å². The Morgan fingerprint density at radius 3 is 1.72 bits per heavy atom. The lowest BCUT2D eigenvalue weighted by Gasteiger charge is -2.20. The fourth-order valence-corrected chi connectivity index (χ4v) is 2.85. The fraction of sp³-hybridized carbons (Fsp3) is 0.800. The van der Waals surface area contributed by atoms with E-state index in [1.165, 1.54) is 0 Å². The van der Waals surface area contributed by atoms with Crippen molar-refractivity contribution < 1.29 is 27.5 Å². The van der Waals surface area contributed by atoms with Gasteiger partial charge in [0.05, 0.1) is 20.0 Å². The molecule has 0 rings (SSSR count). The van der Waals surface area contributed by atoms with Crippen LogP contribution in [0.25, 0.3) is 0 Å². The molecule has 0 aromatic carbocycles. The Labute approximate surface area is 107 Å². The van der Waals surface area contributed by atoms with Crippen molar-refractivity contribution in [1.82, 2.24) is 4.31 Å². The van der Waals surface area contributed by atoms with Gasteiger partial charge in [-0.05, 0) is 5.92 Å². The molecule has 0 aromatic heterocycles. The van der Waals surface area contributed by atoms with Gasteiger partial charge >= 0.3 is 11.9 Å². The highest BCUT2D eigenvalue weighted by molar-refractivity contribution is 7.89. The standard InChI is InChI=1S/C10H19NO6S/c1-8(2)7-18(14,15)11(5-9(12)16-3)6-10(13)17-4/h8H,5-7H2,1-4H3. The Balaban J connectivity index is 4.95. The number of rotatable bonds is 7. The average molecular weight is 281 g/mol. The van der Waals surface area contributed by atoms with Crippen molar-refractivity contribution in [3.8, 4) is 0 Å². The van der Waals surface area contributed by atoms with Crippen LogP contribution >= 0.6 is 0 Å². The predicted molar refractivity (Wildman–Crippen MR) is 64.2 cm³/mol. The largest absolute Gasteiger partial charge is 0.468 e. The lowest BCUT2D eigenvalue weighted by atomic mass is 10.3. The van der Waals surface area contributed by atoms with E-state index in [-0.39, 0.29) is 11.7 Å². The van der Waals surface area contributed by atoms with E-state index in [4.69, 9.17) is 0 Å². The summed E-state index contributed by atoms with van der Waals surface area (Å²) in [7, 11) is -1.41. The Bertz CT molecular complexity index is 371. The van der Waals surface area contributed by atoms with Crippen LogP contribution in [0.2, 0.25) is 0 Å². The average Bonchev–Trinajstić information content (AvgIpc) is 2.25. The van der Waals surface area contributed by atoms with Gasteiger partial charge in [0.2, 0.25) is 10.0 Å². The van der Waals surface area contributed by atoms with Crippen molar-refractivity contribution in [2.75, 3.05) is 33.1 Å². The third kappa shape index (κ3) is 5.97. The van der Waals surface area contributed by atoms with Gasteiger partial charge in [0.25, 0.3) is 0 Å². The first-order valence-corrected chi connectivity index (χ1v) is 6.95. The molecule has 0 unspecified atom stereocenters. The minimum absolute atomic E-state index is 0.118. The number of ether oxygens (including phenoxy) is 2. The molecule has 0 heterocycles. The van der Waals surface area contributed by atoms with Gasteiger partial charge in [-0.1, -0.05) is 13.8 Å². The molecule has 8 heteroatoms. The number of nitrogens with zero attached hydrogens (tertiary/aromatic N) is 1. The van der Waals surface area contributed by atoms with Crippen LogP contribution in [0.5, 0.6) is 0 Å². The molecule has 0 aliphatic heterocycles. The fourth-order valence-electron chi connectivity index (χ4n) is 1.20. The lowest BCUT2D eigenvalue weighted by molar-refractivity contribution is -0.143. The molecular weight excluding hydrogens is 262 g/mol. The van der Waals surface area contributed by atoms with Gasteiger partial charge < -0.3 is 9.47 Å². The Hall–Kier alpha value is -1.15. The summed E-state index contributed by atoms with van der Waals surface area (Å²) in [6.45, 7) is 2.46. The van der Waals surface area contributed by atoms with E-state index in [1.807, 2.05) is 0 Å². The van der Waals surface area contributed by atoms with Crippen LogP contribution in [0.3, 0.4) is 0 Å². The molecule has 0 radical (unpaired) electrons. The molecule has 7 nitrogen and oxygen atoms in total. The minimum Gasteiger partial charge on any atom is -0.468 e. The van der Waals surface area contributed by atoms with Crippen molar-refractivity contribution in [3.05, 3.63) is 0 Å². The zero-order valence-electron chi connectivity index (χ0n) is 11.0. The molecule has 0 spiro atoms. The summed E-state index contributed by atoms with van der Waals surface area (Å²) < 4.78 is 33.5. The van der Waals surface area contributed by atoms with Crippen LogP contribution in [0.1, 0.15) is 13.8 Å². The summed E-state index contributed by atoms with van der Waals surface area (Å²) in [6.07, 6.45) is 0. The number of methoxy groups -OCH3 is 2. The molecule has 0 aromatic rings. The Morgan fingerprint density at radius 2 is 1.44 bits per heavy atom. The van der Waals surface area contributed by atoms with Crippen LogP contribution < -0.4 is 0 Å². The molecule has 106 valence electrons. The molecule has 0 aliphatic carbocycles. The van der Waals surface area contributed by atoms with E-state index in [0.717, 1.165) is 18.5 Å². The first-order valence-electron chi connectivity index (χ1n) is 5.34. The SMILES string of the molecule is COC(=O)CN(CC(=O)OC)S(=O)(=O)CC(C)C. The molecule has 0 aliphatic rings. The summed E-state index contributed by atoms with van der Waals surface area (Å²) in [4.78, 5) is 22.3. The van der Waals surface area contributed by atoms with Crippen LogP contribution in [-0.2, 0) is 29.1 Å². The minimum atomic E-state index is -3.70. The Kier molecular flexibility index (Phi) is 6.85. The number of hydrogen-bond acceptors (Lipinski definition) is 6. The molecule has 18 heavy (non-hydrogen) atoms. The van der Waals surface area contributed by atoms with Gasteiger partial charge in [0.1, 0.15) is 13.1 Å². The molecule has 0 saturated carbocycles. The van der Waals surface area contributed by atoms with Gasteiger partial charge in [-0.15, -0.1) is 0 Å². The van der Waals surface area contributed by atoms with E-state index in [9.17, 15) is 18.0 Å². The van der Waals surface area contributed by atoms with Crippen molar-refractivity contribution in [3.63, 3.8) is 0 Å². The van der Waals surface area contributed by atoms with Crippen LogP contribution in [-0.4, -0.2) is 57.7 Å². The number of carbonyl (C=O) groups excluding carboxylic acids is 2. The second-order valence-electron chi connectivity index (χ2n) is 4.09. The van der Waals surface area contributed by atoms with Gasteiger partial charge in [-0.2, -0.15) is 4.31 Å². The van der Waals surface area contributed by atoms with E-state index in [1.54, 1.807) is 13.8 Å². The van der Waals surface area contributed by atoms with Crippen LogP contribution in [0.4, 0.5) is 0 Å². The number of carbonyl (C=O) groups is 2. The van der Waals surface area contributed by atoms with Gasteiger partial charge in [-0.25, -0.2) is 8.42 Å². The summed E-state index contributed by atoms with van der Waals surface area (Å²) in [5, 5.41) is 0. The topological polar surface area (TPSA) is 90.0 Å². The number of hydrogen-bond donors (Lipinski definition) is 0. The maximum atomic E-state index is 12.0. The second kappa shape index (κ2) is 7.32. The van der Waals surface area contributed by atoms with Crippen LogP contribution in [0.15, 0.2) is 0 Å². The van der Waals surface area contributed by atoms with Crippen molar-refractivity contribution in [1.29, 1.82) is 0 Å². The maximum Gasteiger partial charge on any atom is 0.321 e. The first-order chi connectivity index (χ1) is 8.22. The monoisotopic (exact) mass is 281 g/mol.